The van der Waals surface area contributed by atoms with Crippen molar-refractivity contribution >= 4 is 16.5 Å². The van der Waals surface area contributed by atoms with E-state index in [9.17, 15) is 9.18 Å². The summed E-state index contributed by atoms with van der Waals surface area (Å²) in [7, 11) is 0. The van der Waals surface area contributed by atoms with Gasteiger partial charge in [-0.25, -0.2) is 9.37 Å². The molecule has 0 saturated carbocycles. The Morgan fingerprint density at radius 1 is 1.03 bits per heavy atom. The molecule has 0 N–H and O–H groups in total. The molecule has 3 heterocycles. The van der Waals surface area contributed by atoms with Crippen molar-refractivity contribution in [1.82, 2.24) is 9.38 Å². The van der Waals surface area contributed by atoms with Gasteiger partial charge in [0, 0.05) is 24.2 Å². The van der Waals surface area contributed by atoms with E-state index < -0.39 is 0 Å². The van der Waals surface area contributed by atoms with E-state index >= 15 is 0 Å². The molecular formula is C24H17FN2O3. The molecule has 0 saturated heterocycles. The molecule has 5 nitrogen and oxygen atoms in total. The minimum absolute atomic E-state index is 0.168. The van der Waals surface area contributed by atoms with Gasteiger partial charge in [-0.2, -0.15) is 0 Å². The van der Waals surface area contributed by atoms with Crippen molar-refractivity contribution < 1.29 is 13.5 Å². The molecule has 0 spiro atoms. The fourth-order valence-electron chi connectivity index (χ4n) is 3.40. The van der Waals surface area contributed by atoms with Gasteiger partial charge in [0.2, 0.25) is 0 Å². The Balaban J connectivity index is 1.39. The Hall–Kier alpha value is -3.93. The summed E-state index contributed by atoms with van der Waals surface area (Å²) >= 11 is 0. The zero-order valence-corrected chi connectivity index (χ0v) is 15.9. The normalized spacial score (nSPS) is 11.2. The second kappa shape index (κ2) is 7.48. The Bertz CT molecular complexity index is 1420. The van der Waals surface area contributed by atoms with E-state index in [1.54, 1.807) is 30.6 Å². The van der Waals surface area contributed by atoms with Crippen LogP contribution in [-0.2, 0) is 6.42 Å². The summed E-state index contributed by atoms with van der Waals surface area (Å²) < 4.78 is 26.8. The maximum Gasteiger partial charge on any atom is 0.193 e. The smallest absolute Gasteiger partial charge is 0.193 e. The van der Waals surface area contributed by atoms with Gasteiger partial charge in [-0.3, -0.25) is 4.79 Å². The molecule has 0 aliphatic rings. The van der Waals surface area contributed by atoms with Crippen molar-refractivity contribution in [3.63, 3.8) is 0 Å². The largest absolute Gasteiger partial charge is 0.493 e. The summed E-state index contributed by atoms with van der Waals surface area (Å²) in [6, 6.07) is 18.7. The predicted octanol–water partition coefficient (Wildman–Crippen LogP) is 4.87. The number of aromatic nitrogens is 2. The Morgan fingerprint density at radius 3 is 2.87 bits per heavy atom. The molecule has 0 unspecified atom stereocenters. The van der Waals surface area contributed by atoms with Gasteiger partial charge in [0.25, 0.3) is 0 Å². The summed E-state index contributed by atoms with van der Waals surface area (Å²) in [6.07, 6.45) is 4.15. The minimum Gasteiger partial charge on any atom is -0.493 e. The third-order valence-electron chi connectivity index (χ3n) is 4.92. The van der Waals surface area contributed by atoms with Gasteiger partial charge in [-0.15, -0.1) is 0 Å². The summed E-state index contributed by atoms with van der Waals surface area (Å²) in [5.74, 6) is 0.708. The van der Waals surface area contributed by atoms with Gasteiger partial charge < -0.3 is 13.6 Å². The summed E-state index contributed by atoms with van der Waals surface area (Å²) in [4.78, 5) is 17.1. The molecular weight excluding hydrogens is 383 g/mol. The molecule has 0 fully saturated rings. The highest BCUT2D eigenvalue weighted by molar-refractivity contribution is 5.80. The van der Waals surface area contributed by atoms with Crippen LogP contribution in [0, 0.1) is 5.82 Å². The number of halogens is 1. The van der Waals surface area contributed by atoms with Crippen molar-refractivity contribution in [2.45, 2.75) is 6.42 Å². The van der Waals surface area contributed by atoms with Gasteiger partial charge >= 0.3 is 0 Å². The highest BCUT2D eigenvalue weighted by Crippen LogP contribution is 2.24. The van der Waals surface area contributed by atoms with Gasteiger partial charge in [0.1, 0.15) is 22.8 Å². The van der Waals surface area contributed by atoms with Crippen molar-refractivity contribution in [1.29, 1.82) is 0 Å². The lowest BCUT2D eigenvalue weighted by Gasteiger charge is -2.08. The molecule has 30 heavy (non-hydrogen) atoms. The van der Waals surface area contributed by atoms with Crippen LogP contribution in [0.4, 0.5) is 4.39 Å². The topological polar surface area (TPSA) is 56.7 Å². The highest BCUT2D eigenvalue weighted by Gasteiger charge is 2.10. The lowest BCUT2D eigenvalue weighted by Crippen LogP contribution is -2.04. The second-order valence-electron chi connectivity index (χ2n) is 6.98. The van der Waals surface area contributed by atoms with Crippen LogP contribution < -0.4 is 10.2 Å². The van der Waals surface area contributed by atoms with Crippen LogP contribution >= 0.6 is 0 Å². The average molecular weight is 400 g/mol. The number of ether oxygens (including phenoxy) is 1. The average Bonchev–Trinajstić information content (AvgIpc) is 3.22. The molecule has 0 bridgehead atoms. The van der Waals surface area contributed by atoms with Gasteiger partial charge in [-0.1, -0.05) is 12.1 Å². The number of hydrogen-bond donors (Lipinski definition) is 0. The van der Waals surface area contributed by atoms with Gasteiger partial charge in [0.05, 0.1) is 18.3 Å². The molecule has 0 aliphatic carbocycles. The van der Waals surface area contributed by atoms with E-state index in [1.165, 1.54) is 18.2 Å². The van der Waals surface area contributed by atoms with Gasteiger partial charge in [-0.05, 0) is 54.1 Å². The highest BCUT2D eigenvalue weighted by atomic mass is 19.1. The Kier molecular flexibility index (Phi) is 4.52. The Morgan fingerprint density at radius 2 is 1.97 bits per heavy atom. The number of rotatable bonds is 5. The molecule has 5 rings (SSSR count). The van der Waals surface area contributed by atoms with E-state index in [2.05, 4.69) is 4.98 Å². The molecule has 0 amide bonds. The van der Waals surface area contributed by atoms with Crippen molar-refractivity contribution in [2.75, 3.05) is 6.61 Å². The maximum absolute atomic E-state index is 13.3. The van der Waals surface area contributed by atoms with E-state index in [1.807, 2.05) is 34.9 Å². The first kappa shape index (κ1) is 18.1. The van der Waals surface area contributed by atoms with E-state index in [-0.39, 0.29) is 11.2 Å². The molecule has 0 aliphatic heterocycles. The van der Waals surface area contributed by atoms with E-state index in [0.29, 0.717) is 41.2 Å². The van der Waals surface area contributed by atoms with E-state index in [0.717, 1.165) is 11.1 Å². The van der Waals surface area contributed by atoms with Crippen LogP contribution in [0.5, 0.6) is 5.75 Å². The molecule has 5 aromatic rings. The second-order valence-corrected chi connectivity index (χ2v) is 6.98. The van der Waals surface area contributed by atoms with Crippen LogP contribution in [0.25, 0.3) is 27.9 Å². The monoisotopic (exact) mass is 400 g/mol. The van der Waals surface area contributed by atoms with E-state index in [4.69, 9.17) is 9.15 Å². The zero-order chi connectivity index (χ0) is 20.5. The minimum atomic E-state index is -0.266. The predicted molar refractivity (Wildman–Crippen MR) is 112 cm³/mol. The third kappa shape index (κ3) is 3.55. The van der Waals surface area contributed by atoms with Crippen LogP contribution in [0.15, 0.2) is 88.5 Å². The van der Waals surface area contributed by atoms with Crippen LogP contribution in [0.3, 0.4) is 0 Å². The third-order valence-corrected chi connectivity index (χ3v) is 4.92. The van der Waals surface area contributed by atoms with Crippen LogP contribution in [0.2, 0.25) is 0 Å². The first-order valence-electron chi connectivity index (χ1n) is 9.54. The standard InChI is InChI=1S/C24H17FN2O3/c25-17-4-1-3-16(11-17)8-10-29-19-6-7-23-20(13-19)22(28)14-24(30-23)21-12-18-5-2-9-27(18)15-26-21/h1-7,9,11-15H,8,10H2. The molecule has 2 aromatic carbocycles. The number of benzene rings is 2. The lowest BCUT2D eigenvalue weighted by molar-refractivity contribution is 0.322. The molecule has 3 aromatic heterocycles. The quantitative estimate of drug-likeness (QED) is 0.422. The summed E-state index contributed by atoms with van der Waals surface area (Å²) in [5.41, 5.74) is 2.71. The molecule has 148 valence electrons. The fourth-order valence-corrected chi connectivity index (χ4v) is 3.40. The fraction of sp³-hybridized carbons (Fsp3) is 0.0833. The molecule has 0 atom stereocenters. The zero-order valence-electron chi connectivity index (χ0n) is 15.9. The lowest BCUT2D eigenvalue weighted by atomic mass is 10.1. The van der Waals surface area contributed by atoms with Crippen LogP contribution in [0.1, 0.15) is 5.56 Å². The first-order chi connectivity index (χ1) is 14.7. The number of fused-ring (bicyclic) bond motifs is 2. The van der Waals surface area contributed by atoms with Crippen molar-refractivity contribution in [2.24, 2.45) is 0 Å². The van der Waals surface area contributed by atoms with Crippen molar-refractivity contribution in [3.05, 3.63) is 101 Å². The number of nitrogens with zero attached hydrogens (tertiary/aromatic N) is 2. The summed E-state index contributed by atoms with van der Waals surface area (Å²) in [5, 5.41) is 0.436. The molecule has 0 radical (unpaired) electrons. The van der Waals surface area contributed by atoms with Gasteiger partial charge in [0.15, 0.2) is 11.2 Å². The molecule has 6 heteroatoms. The SMILES string of the molecule is O=c1cc(-c2cc3cccn3cn2)oc2ccc(OCCc3cccc(F)c3)cc12. The number of hydrogen-bond acceptors (Lipinski definition) is 4. The summed E-state index contributed by atoms with van der Waals surface area (Å²) in [6.45, 7) is 0.375. The van der Waals surface area contributed by atoms with Crippen LogP contribution in [-0.4, -0.2) is 16.0 Å². The first-order valence-corrected chi connectivity index (χ1v) is 9.54. The van der Waals surface area contributed by atoms with Crippen molar-refractivity contribution in [3.8, 4) is 17.2 Å². The Labute approximate surface area is 171 Å². The maximum atomic E-state index is 13.3.